The summed E-state index contributed by atoms with van der Waals surface area (Å²) in [5, 5.41) is 54.6. The molecular formula is C62H121NO8. The first-order valence-corrected chi connectivity index (χ1v) is 31.4. The number of aliphatic hydroxyl groups excluding tert-OH is 5. The molecule has 1 heterocycles. The lowest BCUT2D eigenvalue weighted by molar-refractivity contribution is -0.302. The second-order valence-corrected chi connectivity index (χ2v) is 22.2. The van der Waals surface area contributed by atoms with Crippen LogP contribution < -0.4 is 5.32 Å². The maximum absolute atomic E-state index is 13.1. The van der Waals surface area contributed by atoms with E-state index in [1.807, 2.05) is 6.08 Å². The van der Waals surface area contributed by atoms with Gasteiger partial charge in [-0.3, -0.25) is 4.79 Å². The molecule has 1 amide bonds. The molecule has 1 aliphatic rings. The first kappa shape index (κ1) is 67.9. The predicted molar refractivity (Wildman–Crippen MR) is 300 cm³/mol. The smallest absolute Gasteiger partial charge is 0.220 e. The van der Waals surface area contributed by atoms with Crippen LogP contribution in [0.2, 0.25) is 0 Å². The highest BCUT2D eigenvalue weighted by atomic mass is 16.7. The zero-order valence-corrected chi connectivity index (χ0v) is 47.0. The average Bonchev–Trinajstić information content (AvgIpc) is 3.37. The minimum absolute atomic E-state index is 0.168. The average molecular weight is 1010 g/mol. The van der Waals surface area contributed by atoms with E-state index in [2.05, 4.69) is 19.2 Å². The summed E-state index contributed by atoms with van der Waals surface area (Å²) in [7, 11) is 0. The van der Waals surface area contributed by atoms with E-state index in [0.717, 1.165) is 38.5 Å². The molecule has 71 heavy (non-hydrogen) atoms. The minimum atomic E-state index is -1.56. The van der Waals surface area contributed by atoms with Gasteiger partial charge >= 0.3 is 0 Å². The second-order valence-electron chi connectivity index (χ2n) is 22.2. The van der Waals surface area contributed by atoms with Crippen molar-refractivity contribution in [2.75, 3.05) is 13.2 Å². The molecule has 0 aromatic heterocycles. The maximum Gasteiger partial charge on any atom is 0.220 e. The molecule has 7 atom stereocenters. The molecule has 0 radical (unpaired) electrons. The summed E-state index contributed by atoms with van der Waals surface area (Å²) >= 11 is 0. The zero-order valence-electron chi connectivity index (χ0n) is 47.0. The van der Waals surface area contributed by atoms with Gasteiger partial charge < -0.3 is 40.3 Å². The molecule has 422 valence electrons. The quantitative estimate of drug-likeness (QED) is 0.0261. The fraction of sp³-hybridized carbons (Fsp3) is 0.952. The van der Waals surface area contributed by atoms with Gasteiger partial charge in [0, 0.05) is 6.42 Å². The summed E-state index contributed by atoms with van der Waals surface area (Å²) in [6.07, 6.45) is 58.6. The first-order valence-electron chi connectivity index (χ1n) is 31.4. The van der Waals surface area contributed by atoms with Crippen molar-refractivity contribution in [1.29, 1.82) is 0 Å². The Morgan fingerprint density at radius 3 is 1.10 bits per heavy atom. The Balaban J connectivity index is 2.18. The highest BCUT2D eigenvalue weighted by Gasteiger charge is 2.44. The lowest BCUT2D eigenvalue weighted by Gasteiger charge is -2.40. The Kier molecular flexibility index (Phi) is 50.1. The number of ether oxygens (including phenoxy) is 2. The van der Waals surface area contributed by atoms with Gasteiger partial charge in [0.2, 0.25) is 5.91 Å². The maximum atomic E-state index is 13.1. The highest BCUT2D eigenvalue weighted by molar-refractivity contribution is 5.76. The van der Waals surface area contributed by atoms with Crippen LogP contribution in [0.25, 0.3) is 0 Å². The van der Waals surface area contributed by atoms with Gasteiger partial charge in [-0.2, -0.15) is 0 Å². The molecule has 0 bridgehead atoms. The summed E-state index contributed by atoms with van der Waals surface area (Å²) in [5.74, 6) is -0.168. The van der Waals surface area contributed by atoms with Crippen molar-refractivity contribution in [2.45, 2.75) is 365 Å². The molecule has 0 saturated carbocycles. The number of carbonyl (C=O) groups excluding carboxylic acids is 1. The van der Waals surface area contributed by atoms with E-state index in [1.54, 1.807) is 6.08 Å². The van der Waals surface area contributed by atoms with Crippen LogP contribution in [0.15, 0.2) is 12.2 Å². The van der Waals surface area contributed by atoms with Crippen molar-refractivity contribution in [3.63, 3.8) is 0 Å². The molecule has 0 spiro atoms. The second kappa shape index (κ2) is 52.4. The van der Waals surface area contributed by atoms with E-state index in [9.17, 15) is 30.3 Å². The van der Waals surface area contributed by atoms with Crippen LogP contribution in [0.5, 0.6) is 0 Å². The van der Waals surface area contributed by atoms with Crippen LogP contribution in [-0.4, -0.2) is 87.5 Å². The molecule has 1 rings (SSSR count). The van der Waals surface area contributed by atoms with E-state index < -0.39 is 49.5 Å². The van der Waals surface area contributed by atoms with Crippen LogP contribution in [0, 0.1) is 0 Å². The van der Waals surface area contributed by atoms with Gasteiger partial charge in [0.05, 0.1) is 25.4 Å². The van der Waals surface area contributed by atoms with Crippen LogP contribution >= 0.6 is 0 Å². The van der Waals surface area contributed by atoms with Crippen LogP contribution in [-0.2, 0) is 14.3 Å². The number of unbranched alkanes of at least 4 members (excludes halogenated alkanes) is 45. The predicted octanol–water partition coefficient (Wildman–Crippen LogP) is 16.0. The van der Waals surface area contributed by atoms with Gasteiger partial charge in [-0.15, -0.1) is 0 Å². The summed E-state index contributed by atoms with van der Waals surface area (Å²) in [5.41, 5.74) is 0. The number of aliphatic hydroxyl groups is 5. The van der Waals surface area contributed by atoms with Crippen LogP contribution in [0.4, 0.5) is 0 Å². The SMILES string of the molecule is CCCCCCCCCCCCCCCCCCCCCCCC/C=C/C(O)C(COC1OC(CO)C(O)C(O)C1O)NC(=O)CCCCCCCCCCCCCCCCCCCCCCCCCC. The fourth-order valence-corrected chi connectivity index (χ4v) is 10.4. The molecule has 0 aliphatic carbocycles. The van der Waals surface area contributed by atoms with Gasteiger partial charge in [-0.25, -0.2) is 0 Å². The Bertz CT molecular complexity index is 1120. The highest BCUT2D eigenvalue weighted by Crippen LogP contribution is 2.23. The van der Waals surface area contributed by atoms with Crippen molar-refractivity contribution in [2.24, 2.45) is 0 Å². The first-order chi connectivity index (χ1) is 34.8. The number of hydrogen-bond acceptors (Lipinski definition) is 8. The van der Waals surface area contributed by atoms with Crippen molar-refractivity contribution in [3.05, 3.63) is 12.2 Å². The third-order valence-electron chi connectivity index (χ3n) is 15.4. The molecule has 7 unspecified atom stereocenters. The van der Waals surface area contributed by atoms with Crippen molar-refractivity contribution >= 4 is 5.91 Å². The molecule has 0 aromatic rings. The van der Waals surface area contributed by atoms with Crippen LogP contribution in [0.1, 0.15) is 322 Å². The third-order valence-corrected chi connectivity index (χ3v) is 15.4. The van der Waals surface area contributed by atoms with Crippen LogP contribution in [0.3, 0.4) is 0 Å². The third kappa shape index (κ3) is 41.8. The number of amides is 1. The van der Waals surface area contributed by atoms with Gasteiger partial charge in [-0.1, -0.05) is 309 Å². The van der Waals surface area contributed by atoms with Gasteiger partial charge in [-0.05, 0) is 19.3 Å². The van der Waals surface area contributed by atoms with Crippen molar-refractivity contribution in [3.8, 4) is 0 Å². The van der Waals surface area contributed by atoms with Crippen molar-refractivity contribution < 1.29 is 39.8 Å². The fourth-order valence-electron chi connectivity index (χ4n) is 10.4. The molecule has 0 aromatic carbocycles. The number of rotatable bonds is 55. The standard InChI is InChI=1S/C62H121NO8/c1-3-5-7-9-11-13-15-17-19-21-23-25-27-29-31-33-35-37-39-41-43-45-47-49-51-56(65)55(54-70-62-61(69)60(68)59(67)57(53-64)71-62)63-58(66)52-50-48-46-44-42-40-38-36-34-32-30-28-26-24-22-20-18-16-14-12-10-8-6-4-2/h49,51,55-57,59-62,64-65,67-69H,3-48,50,52-54H2,1-2H3,(H,63,66)/b51-49+. The Labute approximate surface area is 439 Å². The Hall–Kier alpha value is -1.07. The van der Waals surface area contributed by atoms with Gasteiger partial charge in [0.15, 0.2) is 6.29 Å². The van der Waals surface area contributed by atoms with Crippen molar-refractivity contribution in [1.82, 2.24) is 5.32 Å². The summed E-state index contributed by atoms with van der Waals surface area (Å²) < 4.78 is 11.3. The van der Waals surface area contributed by atoms with E-state index in [4.69, 9.17) is 9.47 Å². The molecule has 1 saturated heterocycles. The van der Waals surface area contributed by atoms with E-state index in [1.165, 1.54) is 263 Å². The molecular weight excluding hydrogens is 887 g/mol. The van der Waals surface area contributed by atoms with Gasteiger partial charge in [0.25, 0.3) is 0 Å². The van der Waals surface area contributed by atoms with E-state index in [0.29, 0.717) is 6.42 Å². The summed E-state index contributed by atoms with van der Waals surface area (Å²) in [4.78, 5) is 13.1. The summed E-state index contributed by atoms with van der Waals surface area (Å²) in [6.45, 7) is 3.84. The topological polar surface area (TPSA) is 149 Å². The lowest BCUT2D eigenvalue weighted by Crippen LogP contribution is -2.60. The number of carbonyl (C=O) groups is 1. The Morgan fingerprint density at radius 1 is 0.465 bits per heavy atom. The number of hydrogen-bond donors (Lipinski definition) is 6. The van der Waals surface area contributed by atoms with E-state index in [-0.39, 0.29) is 12.5 Å². The largest absolute Gasteiger partial charge is 0.394 e. The molecule has 1 fully saturated rings. The molecule has 1 aliphatic heterocycles. The number of nitrogens with one attached hydrogen (secondary N) is 1. The minimum Gasteiger partial charge on any atom is -0.394 e. The normalized spacial score (nSPS) is 19.2. The zero-order chi connectivity index (χ0) is 51.5. The molecule has 9 nitrogen and oxygen atoms in total. The molecule has 6 N–H and O–H groups in total. The lowest BCUT2D eigenvalue weighted by atomic mass is 9.99. The molecule has 9 heteroatoms. The summed E-state index contributed by atoms with van der Waals surface area (Å²) in [6, 6.07) is -0.801. The monoisotopic (exact) mass is 1010 g/mol. The van der Waals surface area contributed by atoms with E-state index >= 15 is 0 Å². The number of allylic oxidation sites excluding steroid dienone is 1. The Morgan fingerprint density at radius 2 is 0.775 bits per heavy atom. The van der Waals surface area contributed by atoms with Gasteiger partial charge in [0.1, 0.15) is 24.4 Å².